The molecule has 1 heterocycles. The molecule has 3 nitrogen and oxygen atoms in total. The fraction of sp³-hybridized carbons (Fsp3) is 0.688. The highest BCUT2D eigenvalue weighted by molar-refractivity contribution is 7.16. The predicted molar refractivity (Wildman–Crippen MR) is 88.6 cm³/mol. The molecule has 0 saturated heterocycles. The van der Waals surface area contributed by atoms with Gasteiger partial charge in [0.05, 0.1) is 10.6 Å². The van der Waals surface area contributed by atoms with Crippen molar-refractivity contribution in [1.29, 1.82) is 0 Å². The van der Waals surface area contributed by atoms with E-state index in [0.29, 0.717) is 16.8 Å². The number of nitrogen functional groups attached to an aromatic ring is 1. The molecule has 0 radical (unpaired) electrons. The summed E-state index contributed by atoms with van der Waals surface area (Å²) < 4.78 is 0. The van der Waals surface area contributed by atoms with Crippen LogP contribution in [0.1, 0.15) is 68.3 Å². The van der Waals surface area contributed by atoms with E-state index in [9.17, 15) is 4.79 Å². The monoisotopic (exact) mass is 296 g/mol. The molecule has 0 saturated carbocycles. The second-order valence-electron chi connectivity index (χ2n) is 5.91. The summed E-state index contributed by atoms with van der Waals surface area (Å²) in [5.41, 5.74) is 8.11. The number of anilines is 1. The van der Waals surface area contributed by atoms with Gasteiger partial charge in [0.2, 0.25) is 0 Å². The Morgan fingerprint density at radius 1 is 1.20 bits per heavy atom. The Bertz CT molecular complexity index is 459. The average molecular weight is 296 g/mol. The summed E-state index contributed by atoms with van der Waals surface area (Å²) in [4.78, 5) is 15.8. The highest BCUT2D eigenvalue weighted by atomic mass is 32.1. The summed E-state index contributed by atoms with van der Waals surface area (Å²) in [6.45, 7) is 14.2. The molecule has 4 heteroatoms. The Hall–Kier alpha value is -1.03. The lowest BCUT2D eigenvalue weighted by Gasteiger charge is -2.20. The smallest absolute Gasteiger partial charge is 0.257 e. The first kappa shape index (κ1) is 17.0. The van der Waals surface area contributed by atoms with E-state index in [-0.39, 0.29) is 5.91 Å². The summed E-state index contributed by atoms with van der Waals surface area (Å²) in [6, 6.07) is 0. The molecule has 2 N–H and O–H groups in total. The molecule has 0 spiro atoms. The number of amides is 1. The zero-order chi connectivity index (χ0) is 15.4. The van der Waals surface area contributed by atoms with E-state index in [4.69, 9.17) is 5.73 Å². The zero-order valence-electron chi connectivity index (χ0n) is 13.6. The van der Waals surface area contributed by atoms with Gasteiger partial charge in [-0.1, -0.05) is 27.7 Å². The van der Waals surface area contributed by atoms with Crippen LogP contribution in [0.4, 0.5) is 5.00 Å². The predicted octanol–water partition coefficient (Wildman–Crippen LogP) is 4.13. The van der Waals surface area contributed by atoms with E-state index >= 15 is 0 Å². The molecule has 1 rings (SSSR count). The fourth-order valence-electron chi connectivity index (χ4n) is 2.48. The molecule has 0 bridgehead atoms. The maximum absolute atomic E-state index is 12.7. The van der Waals surface area contributed by atoms with E-state index in [0.717, 1.165) is 25.1 Å². The normalized spacial score (nSPS) is 11.4. The lowest BCUT2D eigenvalue weighted by atomic mass is 9.95. The van der Waals surface area contributed by atoms with Crippen molar-refractivity contribution in [3.8, 4) is 0 Å². The molecule has 0 aliphatic carbocycles. The van der Waals surface area contributed by atoms with Crippen LogP contribution in [0.5, 0.6) is 0 Å². The first-order valence-electron chi connectivity index (χ1n) is 7.53. The molecule has 0 aliphatic rings. The first-order chi connectivity index (χ1) is 9.33. The number of rotatable bonds is 6. The van der Waals surface area contributed by atoms with Crippen LogP contribution in [0, 0.1) is 5.92 Å². The number of thiophene rings is 1. The second-order valence-corrected chi connectivity index (χ2v) is 7.00. The van der Waals surface area contributed by atoms with Gasteiger partial charge in [-0.15, -0.1) is 11.3 Å². The van der Waals surface area contributed by atoms with E-state index < -0.39 is 0 Å². The van der Waals surface area contributed by atoms with Crippen LogP contribution >= 0.6 is 11.3 Å². The number of carbonyl (C=O) groups excluding carboxylic acids is 1. The third-order valence-electron chi connectivity index (χ3n) is 3.47. The van der Waals surface area contributed by atoms with Crippen molar-refractivity contribution in [2.45, 2.75) is 53.9 Å². The van der Waals surface area contributed by atoms with Gasteiger partial charge in [-0.3, -0.25) is 4.79 Å². The SMILES string of the molecule is CCN(CC)C(=O)c1c(N)sc(C(C)C)c1CC(C)C. The number of nitrogens with two attached hydrogens (primary N) is 1. The van der Waals surface area contributed by atoms with Crippen molar-refractivity contribution >= 4 is 22.2 Å². The van der Waals surface area contributed by atoms with Crippen molar-refractivity contribution in [2.24, 2.45) is 5.92 Å². The van der Waals surface area contributed by atoms with Crippen molar-refractivity contribution in [3.63, 3.8) is 0 Å². The number of carbonyl (C=O) groups is 1. The Balaban J connectivity index is 3.33. The van der Waals surface area contributed by atoms with E-state index in [1.165, 1.54) is 10.4 Å². The van der Waals surface area contributed by atoms with Crippen LogP contribution in [0.2, 0.25) is 0 Å². The van der Waals surface area contributed by atoms with Gasteiger partial charge in [0.1, 0.15) is 0 Å². The zero-order valence-corrected chi connectivity index (χ0v) is 14.4. The number of hydrogen-bond donors (Lipinski definition) is 1. The van der Waals surface area contributed by atoms with Gasteiger partial charge in [0.15, 0.2) is 0 Å². The molecular formula is C16H28N2OS. The lowest BCUT2D eigenvalue weighted by Crippen LogP contribution is -2.31. The lowest BCUT2D eigenvalue weighted by molar-refractivity contribution is 0.0773. The van der Waals surface area contributed by atoms with Crippen LogP contribution < -0.4 is 5.73 Å². The van der Waals surface area contributed by atoms with Crippen molar-refractivity contribution in [2.75, 3.05) is 18.8 Å². The summed E-state index contributed by atoms with van der Waals surface area (Å²) in [7, 11) is 0. The molecule has 0 fully saturated rings. The largest absolute Gasteiger partial charge is 0.390 e. The van der Waals surface area contributed by atoms with E-state index in [1.54, 1.807) is 11.3 Å². The molecular weight excluding hydrogens is 268 g/mol. The highest BCUT2D eigenvalue weighted by Gasteiger charge is 2.26. The maximum atomic E-state index is 12.7. The summed E-state index contributed by atoms with van der Waals surface area (Å²) in [5.74, 6) is 1.02. The molecule has 114 valence electrons. The molecule has 1 aromatic rings. The number of nitrogens with zero attached hydrogens (tertiary/aromatic N) is 1. The molecule has 0 aliphatic heterocycles. The fourth-order valence-corrected chi connectivity index (χ4v) is 3.58. The van der Waals surface area contributed by atoms with Crippen LogP contribution in [0.25, 0.3) is 0 Å². The van der Waals surface area contributed by atoms with Crippen LogP contribution in [-0.4, -0.2) is 23.9 Å². The molecule has 1 aromatic heterocycles. The van der Waals surface area contributed by atoms with Gasteiger partial charge >= 0.3 is 0 Å². The van der Waals surface area contributed by atoms with Crippen molar-refractivity contribution < 1.29 is 4.79 Å². The summed E-state index contributed by atoms with van der Waals surface area (Å²) in [6.07, 6.45) is 0.920. The Morgan fingerprint density at radius 2 is 1.75 bits per heavy atom. The van der Waals surface area contributed by atoms with E-state index in [1.807, 2.05) is 18.7 Å². The minimum atomic E-state index is 0.0892. The van der Waals surface area contributed by atoms with E-state index in [2.05, 4.69) is 27.7 Å². The molecule has 1 amide bonds. The standard InChI is InChI=1S/C16H28N2OS/c1-7-18(8-2)16(19)13-12(9-10(3)4)14(11(5)6)20-15(13)17/h10-11H,7-9,17H2,1-6H3. The van der Waals surface area contributed by atoms with Crippen LogP contribution in [-0.2, 0) is 6.42 Å². The van der Waals surface area contributed by atoms with Crippen molar-refractivity contribution in [1.82, 2.24) is 4.90 Å². The second kappa shape index (κ2) is 7.11. The van der Waals surface area contributed by atoms with Gasteiger partial charge in [0, 0.05) is 18.0 Å². The van der Waals surface area contributed by atoms with Crippen molar-refractivity contribution in [3.05, 3.63) is 16.0 Å². The maximum Gasteiger partial charge on any atom is 0.257 e. The van der Waals surface area contributed by atoms with Gasteiger partial charge in [-0.2, -0.15) is 0 Å². The summed E-state index contributed by atoms with van der Waals surface area (Å²) >= 11 is 1.59. The molecule has 0 atom stereocenters. The Labute approximate surface area is 127 Å². The van der Waals surface area contributed by atoms with Gasteiger partial charge in [0.25, 0.3) is 5.91 Å². The third-order valence-corrected chi connectivity index (χ3v) is 4.83. The van der Waals surface area contributed by atoms with Crippen LogP contribution in [0.15, 0.2) is 0 Å². The quantitative estimate of drug-likeness (QED) is 0.857. The first-order valence-corrected chi connectivity index (χ1v) is 8.35. The van der Waals surface area contributed by atoms with Crippen LogP contribution in [0.3, 0.4) is 0 Å². The Morgan fingerprint density at radius 3 is 2.15 bits per heavy atom. The topological polar surface area (TPSA) is 46.3 Å². The third kappa shape index (κ3) is 3.54. The Kier molecular flexibility index (Phi) is 6.06. The average Bonchev–Trinajstić information content (AvgIpc) is 2.66. The summed E-state index contributed by atoms with van der Waals surface area (Å²) in [5, 5.41) is 0.682. The van der Waals surface area contributed by atoms with Gasteiger partial charge in [-0.25, -0.2) is 0 Å². The minimum absolute atomic E-state index is 0.0892. The molecule has 0 aromatic carbocycles. The molecule has 0 unspecified atom stereocenters. The van der Waals surface area contributed by atoms with Gasteiger partial charge in [-0.05, 0) is 37.7 Å². The molecule has 20 heavy (non-hydrogen) atoms. The minimum Gasteiger partial charge on any atom is -0.390 e. The number of hydrogen-bond acceptors (Lipinski definition) is 3. The highest BCUT2D eigenvalue weighted by Crippen LogP contribution is 2.38. The van der Waals surface area contributed by atoms with Gasteiger partial charge < -0.3 is 10.6 Å².